The maximum atomic E-state index is 12.1. The first kappa shape index (κ1) is 16.2. The van der Waals surface area contributed by atoms with Gasteiger partial charge in [-0.1, -0.05) is 12.1 Å². The molecular formula is C14H19N5O2S. The van der Waals surface area contributed by atoms with Crippen molar-refractivity contribution >= 4 is 21.7 Å². The van der Waals surface area contributed by atoms with Crippen molar-refractivity contribution in [3.8, 4) is 0 Å². The molecule has 1 aromatic carbocycles. The second-order valence-corrected chi connectivity index (χ2v) is 8.17. The molecular weight excluding hydrogens is 302 g/mol. The molecule has 22 heavy (non-hydrogen) atoms. The van der Waals surface area contributed by atoms with Crippen molar-refractivity contribution < 1.29 is 8.42 Å². The van der Waals surface area contributed by atoms with Crippen molar-refractivity contribution in [3.05, 3.63) is 42.5 Å². The van der Waals surface area contributed by atoms with E-state index in [1.807, 2.05) is 12.1 Å². The van der Waals surface area contributed by atoms with Gasteiger partial charge in [-0.2, -0.15) is 0 Å². The predicted octanol–water partition coefficient (Wildman–Crippen LogP) is 2.02. The molecule has 2 N–H and O–H groups in total. The minimum absolute atomic E-state index is 0.493. The Hall–Kier alpha value is -2.22. The van der Waals surface area contributed by atoms with Gasteiger partial charge in [-0.25, -0.2) is 23.4 Å². The highest BCUT2D eigenvalue weighted by atomic mass is 32.2. The number of aromatic nitrogens is 3. The van der Waals surface area contributed by atoms with Crippen molar-refractivity contribution in [2.75, 3.05) is 10.0 Å². The molecule has 0 aliphatic rings. The number of nitrogens with one attached hydrogen (secondary N) is 2. The van der Waals surface area contributed by atoms with Gasteiger partial charge >= 0.3 is 0 Å². The lowest BCUT2D eigenvalue weighted by molar-refractivity contribution is 0.566. The Labute approximate surface area is 130 Å². The summed E-state index contributed by atoms with van der Waals surface area (Å²) in [7, 11) is -3.41. The molecule has 118 valence electrons. The smallest absolute Gasteiger partial charge is 0.237 e. The van der Waals surface area contributed by atoms with Crippen molar-refractivity contribution in [2.45, 2.75) is 32.1 Å². The highest BCUT2D eigenvalue weighted by Crippen LogP contribution is 2.19. The highest BCUT2D eigenvalue weighted by molar-refractivity contribution is 7.94. The minimum Gasteiger partial charge on any atom is -0.350 e. The van der Waals surface area contributed by atoms with E-state index in [0.717, 1.165) is 5.56 Å². The van der Waals surface area contributed by atoms with E-state index in [0.29, 0.717) is 18.2 Å². The monoisotopic (exact) mass is 321 g/mol. The SMILES string of the molecule is CC(C)(C)S(=O)(=O)Nc1ccc(CNc2ncncn2)cc1. The van der Waals surface area contributed by atoms with Crippen LogP contribution in [0.2, 0.25) is 0 Å². The molecule has 0 amide bonds. The van der Waals surface area contributed by atoms with Crippen LogP contribution < -0.4 is 10.0 Å². The first-order valence-corrected chi connectivity index (χ1v) is 8.23. The lowest BCUT2D eigenvalue weighted by atomic mass is 10.2. The summed E-state index contributed by atoms with van der Waals surface area (Å²) in [5.74, 6) is 0.493. The van der Waals surface area contributed by atoms with E-state index in [2.05, 4.69) is 25.0 Å². The highest BCUT2D eigenvalue weighted by Gasteiger charge is 2.28. The van der Waals surface area contributed by atoms with Gasteiger partial charge in [-0.3, -0.25) is 4.72 Å². The fourth-order valence-corrected chi connectivity index (χ4v) is 2.26. The van der Waals surface area contributed by atoms with E-state index in [4.69, 9.17) is 0 Å². The molecule has 0 fully saturated rings. The Morgan fingerprint density at radius 1 is 1.05 bits per heavy atom. The molecule has 7 nitrogen and oxygen atoms in total. The molecule has 8 heteroatoms. The van der Waals surface area contributed by atoms with Crippen LogP contribution in [-0.4, -0.2) is 28.1 Å². The number of anilines is 2. The van der Waals surface area contributed by atoms with E-state index in [1.165, 1.54) is 12.7 Å². The van der Waals surface area contributed by atoms with Gasteiger partial charge in [0.1, 0.15) is 12.7 Å². The van der Waals surface area contributed by atoms with E-state index in [9.17, 15) is 8.42 Å². The summed E-state index contributed by atoms with van der Waals surface area (Å²) in [6.07, 6.45) is 2.83. The summed E-state index contributed by atoms with van der Waals surface area (Å²) in [5.41, 5.74) is 1.53. The molecule has 0 saturated carbocycles. The van der Waals surface area contributed by atoms with Crippen LogP contribution in [-0.2, 0) is 16.6 Å². The van der Waals surface area contributed by atoms with Crippen LogP contribution in [0, 0.1) is 0 Å². The standard InChI is InChI=1S/C14H19N5O2S/c1-14(2,3)22(20,21)19-12-6-4-11(5-7-12)8-16-13-17-9-15-10-18-13/h4-7,9-10,19H,8H2,1-3H3,(H,15,16,17,18). The van der Waals surface area contributed by atoms with Gasteiger partial charge in [0, 0.05) is 12.2 Å². The van der Waals surface area contributed by atoms with Crippen LogP contribution >= 0.6 is 0 Å². The molecule has 0 spiro atoms. The summed E-state index contributed by atoms with van der Waals surface area (Å²) in [6.45, 7) is 5.50. The Morgan fingerprint density at radius 3 is 2.18 bits per heavy atom. The minimum atomic E-state index is -3.41. The second-order valence-electron chi connectivity index (χ2n) is 5.73. The first-order valence-electron chi connectivity index (χ1n) is 6.75. The molecule has 0 radical (unpaired) electrons. The Morgan fingerprint density at radius 2 is 1.64 bits per heavy atom. The normalized spacial score (nSPS) is 12.0. The molecule has 1 heterocycles. The van der Waals surface area contributed by atoms with Gasteiger partial charge < -0.3 is 5.32 Å². The van der Waals surface area contributed by atoms with Gasteiger partial charge in [0.25, 0.3) is 0 Å². The number of benzene rings is 1. The van der Waals surface area contributed by atoms with E-state index in [1.54, 1.807) is 32.9 Å². The van der Waals surface area contributed by atoms with Gasteiger partial charge in [-0.15, -0.1) is 0 Å². The van der Waals surface area contributed by atoms with Gasteiger partial charge in [0.05, 0.1) is 4.75 Å². The van der Waals surface area contributed by atoms with Gasteiger partial charge in [0.15, 0.2) is 0 Å². The Balaban J connectivity index is 1.99. The maximum absolute atomic E-state index is 12.1. The fourth-order valence-electron chi connectivity index (χ4n) is 1.51. The molecule has 2 rings (SSSR count). The van der Waals surface area contributed by atoms with E-state index >= 15 is 0 Å². The van der Waals surface area contributed by atoms with Crippen LogP contribution in [0.15, 0.2) is 36.9 Å². The third-order valence-electron chi connectivity index (χ3n) is 2.96. The maximum Gasteiger partial charge on any atom is 0.237 e. The summed E-state index contributed by atoms with van der Waals surface area (Å²) in [5, 5.41) is 3.05. The average molecular weight is 321 g/mol. The number of nitrogens with zero attached hydrogens (tertiary/aromatic N) is 3. The van der Waals surface area contributed by atoms with E-state index in [-0.39, 0.29) is 0 Å². The van der Waals surface area contributed by atoms with Crippen LogP contribution in [0.4, 0.5) is 11.6 Å². The lowest BCUT2D eigenvalue weighted by Crippen LogP contribution is -2.33. The summed E-state index contributed by atoms with van der Waals surface area (Å²) >= 11 is 0. The topological polar surface area (TPSA) is 96.9 Å². The Bertz CT molecular complexity index is 709. The van der Waals surface area contributed by atoms with Crippen LogP contribution in [0.25, 0.3) is 0 Å². The average Bonchev–Trinajstić information content (AvgIpc) is 2.46. The summed E-state index contributed by atoms with van der Waals surface area (Å²) < 4.78 is 25.9. The molecule has 0 atom stereocenters. The number of rotatable bonds is 5. The molecule has 0 bridgehead atoms. The van der Waals surface area contributed by atoms with Gasteiger partial charge in [0.2, 0.25) is 16.0 Å². The van der Waals surface area contributed by atoms with Crippen molar-refractivity contribution in [1.82, 2.24) is 15.0 Å². The summed E-state index contributed by atoms with van der Waals surface area (Å²) in [6, 6.07) is 7.14. The van der Waals surface area contributed by atoms with Crippen LogP contribution in [0.1, 0.15) is 26.3 Å². The second kappa shape index (κ2) is 6.27. The predicted molar refractivity (Wildman–Crippen MR) is 85.9 cm³/mol. The zero-order valence-corrected chi connectivity index (χ0v) is 13.6. The molecule has 0 aliphatic carbocycles. The van der Waals surface area contributed by atoms with Crippen LogP contribution in [0.5, 0.6) is 0 Å². The zero-order valence-electron chi connectivity index (χ0n) is 12.7. The molecule has 0 unspecified atom stereocenters. The summed E-state index contributed by atoms with van der Waals surface area (Å²) in [4.78, 5) is 11.7. The fraction of sp³-hybridized carbons (Fsp3) is 0.357. The van der Waals surface area contributed by atoms with Crippen molar-refractivity contribution in [1.29, 1.82) is 0 Å². The molecule has 0 saturated heterocycles. The molecule has 2 aromatic rings. The molecule has 1 aromatic heterocycles. The number of hydrogen-bond donors (Lipinski definition) is 2. The van der Waals surface area contributed by atoms with Crippen molar-refractivity contribution in [2.24, 2.45) is 0 Å². The lowest BCUT2D eigenvalue weighted by Gasteiger charge is -2.20. The quantitative estimate of drug-likeness (QED) is 0.874. The third kappa shape index (κ3) is 4.14. The Kier molecular flexibility index (Phi) is 4.60. The zero-order chi connectivity index (χ0) is 16.2. The number of sulfonamides is 1. The number of hydrogen-bond acceptors (Lipinski definition) is 6. The first-order chi connectivity index (χ1) is 10.3. The van der Waals surface area contributed by atoms with Crippen molar-refractivity contribution in [3.63, 3.8) is 0 Å². The molecule has 0 aliphatic heterocycles. The third-order valence-corrected chi connectivity index (χ3v) is 5.07. The largest absolute Gasteiger partial charge is 0.350 e. The van der Waals surface area contributed by atoms with E-state index < -0.39 is 14.8 Å². The van der Waals surface area contributed by atoms with Gasteiger partial charge in [-0.05, 0) is 38.5 Å². The van der Waals surface area contributed by atoms with Crippen LogP contribution in [0.3, 0.4) is 0 Å².